The number of methoxy groups -OCH3 is 1. The van der Waals surface area contributed by atoms with Gasteiger partial charge in [-0.15, -0.1) is 0 Å². The number of aliphatic hydroxyl groups is 1. The average Bonchev–Trinajstić information content (AvgIpc) is 2.64. The Kier molecular flexibility index (Phi) is 6.96. The fraction of sp³-hybridized carbons (Fsp3) is 0.727. The Bertz CT molecular complexity index is 540. The van der Waals surface area contributed by atoms with Gasteiger partial charge < -0.3 is 19.6 Å². The van der Waals surface area contributed by atoms with Gasteiger partial charge in [0.25, 0.3) is 0 Å². The van der Waals surface area contributed by atoms with Crippen molar-refractivity contribution in [3.63, 3.8) is 0 Å². The van der Waals surface area contributed by atoms with E-state index in [-0.39, 0.29) is 0 Å². The maximum absolute atomic E-state index is 11.7. The second kappa shape index (κ2) is 9.20. The molecule has 2 fully saturated rings. The minimum absolute atomic E-state index is 0.369. The number of benzene rings is 1. The quantitative estimate of drug-likeness (QED) is 0.875. The molecule has 2 aliphatic rings. The van der Waals surface area contributed by atoms with Crippen LogP contribution in [0.1, 0.15) is 44.1 Å². The molecule has 0 radical (unpaired) electrons. The molecule has 4 nitrogen and oxygen atoms in total. The first kappa shape index (κ1) is 19.7. The zero-order chi connectivity index (χ0) is 18.4. The van der Waals surface area contributed by atoms with Gasteiger partial charge in [-0.25, -0.2) is 0 Å². The third-order valence-corrected chi connectivity index (χ3v) is 6.42. The van der Waals surface area contributed by atoms with Crippen molar-refractivity contribution in [2.75, 3.05) is 46.9 Å². The summed E-state index contributed by atoms with van der Waals surface area (Å²) in [6.45, 7) is 5.59. The number of ether oxygens (including phenoxy) is 1. The number of piperazine rings is 1. The number of rotatable bonds is 5. The topological polar surface area (TPSA) is 35.9 Å². The molecule has 3 rings (SSSR count). The van der Waals surface area contributed by atoms with Crippen molar-refractivity contribution < 1.29 is 9.84 Å². The molecular formula is C22H36N2O2. The van der Waals surface area contributed by atoms with Gasteiger partial charge in [-0.05, 0) is 37.6 Å². The van der Waals surface area contributed by atoms with Gasteiger partial charge in [0, 0.05) is 45.1 Å². The lowest BCUT2D eigenvalue weighted by molar-refractivity contribution is -0.0512. The number of hydrogen-bond acceptors (Lipinski definition) is 4. The predicted octanol–water partition coefficient (Wildman–Crippen LogP) is 3.19. The summed E-state index contributed by atoms with van der Waals surface area (Å²) in [5.74, 6) is 1.25. The largest absolute Gasteiger partial charge is 0.497 e. The molecule has 146 valence electrons. The molecule has 0 bridgehead atoms. The number of likely N-dealkylation sites (N-methyl/N-ethyl adjacent to an activating group) is 1. The fourth-order valence-corrected chi connectivity index (χ4v) is 4.58. The lowest BCUT2D eigenvalue weighted by atomic mass is 9.74. The molecule has 1 aliphatic heterocycles. The molecule has 1 N–H and O–H groups in total. The van der Waals surface area contributed by atoms with Crippen LogP contribution >= 0.6 is 0 Å². The molecule has 2 atom stereocenters. The number of nitrogens with zero attached hydrogens (tertiary/aromatic N) is 2. The van der Waals surface area contributed by atoms with Gasteiger partial charge in [-0.3, -0.25) is 0 Å². The van der Waals surface area contributed by atoms with E-state index in [0.29, 0.717) is 5.92 Å². The molecule has 26 heavy (non-hydrogen) atoms. The van der Waals surface area contributed by atoms with Crippen LogP contribution in [0.3, 0.4) is 0 Å². The SMILES string of the molecule is COc1ccc(CC2(O)CCCCCCC2CN2CCN(C)CC2)cc1. The summed E-state index contributed by atoms with van der Waals surface area (Å²) in [5, 5.41) is 11.7. The van der Waals surface area contributed by atoms with Crippen molar-refractivity contribution >= 4 is 0 Å². The molecule has 0 amide bonds. The number of hydrogen-bond donors (Lipinski definition) is 1. The van der Waals surface area contributed by atoms with Gasteiger partial charge in [-0.2, -0.15) is 0 Å². The van der Waals surface area contributed by atoms with Crippen LogP contribution in [-0.2, 0) is 6.42 Å². The molecule has 1 heterocycles. The third-order valence-electron chi connectivity index (χ3n) is 6.42. The molecule has 1 saturated carbocycles. The monoisotopic (exact) mass is 360 g/mol. The predicted molar refractivity (Wildman–Crippen MR) is 107 cm³/mol. The molecule has 0 spiro atoms. The molecule has 0 aromatic heterocycles. The highest BCUT2D eigenvalue weighted by atomic mass is 16.5. The van der Waals surface area contributed by atoms with Gasteiger partial charge >= 0.3 is 0 Å². The van der Waals surface area contributed by atoms with E-state index in [4.69, 9.17) is 4.74 Å². The van der Waals surface area contributed by atoms with Crippen LogP contribution in [0.25, 0.3) is 0 Å². The first-order chi connectivity index (χ1) is 12.6. The smallest absolute Gasteiger partial charge is 0.118 e. The van der Waals surface area contributed by atoms with E-state index in [9.17, 15) is 5.11 Å². The van der Waals surface area contributed by atoms with Crippen LogP contribution in [0.5, 0.6) is 5.75 Å². The maximum atomic E-state index is 11.7. The van der Waals surface area contributed by atoms with Crippen molar-refractivity contribution in [2.24, 2.45) is 5.92 Å². The minimum atomic E-state index is -0.585. The summed E-state index contributed by atoms with van der Waals surface area (Å²) in [4.78, 5) is 4.98. The van der Waals surface area contributed by atoms with Crippen LogP contribution in [-0.4, -0.2) is 67.4 Å². The van der Waals surface area contributed by atoms with Crippen molar-refractivity contribution in [1.29, 1.82) is 0 Å². The molecule has 4 heteroatoms. The van der Waals surface area contributed by atoms with Gasteiger partial charge in [0.05, 0.1) is 12.7 Å². The van der Waals surface area contributed by atoms with E-state index in [0.717, 1.165) is 64.2 Å². The van der Waals surface area contributed by atoms with E-state index >= 15 is 0 Å². The summed E-state index contributed by atoms with van der Waals surface area (Å²) in [6, 6.07) is 8.25. The van der Waals surface area contributed by atoms with Gasteiger partial charge in [0.2, 0.25) is 0 Å². The van der Waals surface area contributed by atoms with Crippen LogP contribution < -0.4 is 4.74 Å². The van der Waals surface area contributed by atoms with Crippen LogP contribution in [0.15, 0.2) is 24.3 Å². The van der Waals surface area contributed by atoms with Gasteiger partial charge in [-0.1, -0.05) is 37.8 Å². The first-order valence-corrected chi connectivity index (χ1v) is 10.4. The Morgan fingerprint density at radius 3 is 2.42 bits per heavy atom. The molecule has 1 aliphatic carbocycles. The highest BCUT2D eigenvalue weighted by Crippen LogP contribution is 2.35. The minimum Gasteiger partial charge on any atom is -0.497 e. The van der Waals surface area contributed by atoms with Crippen LogP contribution in [0.2, 0.25) is 0 Å². The zero-order valence-corrected chi connectivity index (χ0v) is 16.6. The summed E-state index contributed by atoms with van der Waals surface area (Å²) in [7, 11) is 3.90. The van der Waals surface area contributed by atoms with E-state index in [2.05, 4.69) is 29.0 Å². The van der Waals surface area contributed by atoms with Gasteiger partial charge in [0.15, 0.2) is 0 Å². The first-order valence-electron chi connectivity index (χ1n) is 10.4. The fourth-order valence-electron chi connectivity index (χ4n) is 4.58. The summed E-state index contributed by atoms with van der Waals surface area (Å²) < 4.78 is 5.28. The van der Waals surface area contributed by atoms with E-state index in [1.807, 2.05) is 12.1 Å². The van der Waals surface area contributed by atoms with Crippen molar-refractivity contribution in [1.82, 2.24) is 9.80 Å². The Morgan fingerprint density at radius 1 is 1.04 bits per heavy atom. The standard InChI is InChI=1S/C22H36N2O2/c1-23-13-15-24(16-14-23)18-20-7-5-3-4-6-12-22(20,25)17-19-8-10-21(26-2)11-9-19/h8-11,20,25H,3-7,12-18H2,1-2H3. The van der Waals surface area contributed by atoms with Gasteiger partial charge in [0.1, 0.15) is 5.75 Å². The zero-order valence-electron chi connectivity index (χ0n) is 16.6. The Balaban J connectivity index is 1.71. The maximum Gasteiger partial charge on any atom is 0.118 e. The lowest BCUT2D eigenvalue weighted by Gasteiger charge is -2.42. The lowest BCUT2D eigenvalue weighted by Crippen LogP contribution is -2.51. The van der Waals surface area contributed by atoms with Crippen LogP contribution in [0.4, 0.5) is 0 Å². The van der Waals surface area contributed by atoms with E-state index in [1.165, 1.54) is 24.8 Å². The molecule has 2 unspecified atom stereocenters. The highest BCUT2D eigenvalue weighted by Gasteiger charge is 2.38. The molecule has 1 aromatic carbocycles. The van der Waals surface area contributed by atoms with Crippen molar-refractivity contribution in [2.45, 2.75) is 50.5 Å². The Labute approximate surface area is 159 Å². The second-order valence-electron chi connectivity index (χ2n) is 8.38. The summed E-state index contributed by atoms with van der Waals surface area (Å²) in [6.07, 6.45) is 7.81. The van der Waals surface area contributed by atoms with Crippen LogP contribution in [0, 0.1) is 5.92 Å². The Hall–Kier alpha value is -1.10. The highest BCUT2D eigenvalue weighted by molar-refractivity contribution is 5.28. The van der Waals surface area contributed by atoms with E-state index in [1.54, 1.807) is 7.11 Å². The second-order valence-corrected chi connectivity index (χ2v) is 8.38. The van der Waals surface area contributed by atoms with Crippen molar-refractivity contribution in [3.05, 3.63) is 29.8 Å². The van der Waals surface area contributed by atoms with E-state index < -0.39 is 5.60 Å². The molecule has 1 aromatic rings. The molecular weight excluding hydrogens is 324 g/mol. The normalized spacial score (nSPS) is 29.1. The third kappa shape index (κ3) is 5.21. The Morgan fingerprint density at radius 2 is 1.73 bits per heavy atom. The molecule has 1 saturated heterocycles. The summed E-state index contributed by atoms with van der Waals surface area (Å²) in [5.41, 5.74) is 0.635. The van der Waals surface area contributed by atoms with Crippen molar-refractivity contribution in [3.8, 4) is 5.75 Å². The summed E-state index contributed by atoms with van der Waals surface area (Å²) >= 11 is 0. The average molecular weight is 361 g/mol.